The Morgan fingerprint density at radius 3 is 1.89 bits per heavy atom. The zero-order valence-corrected chi connectivity index (χ0v) is 15.6. The summed E-state index contributed by atoms with van der Waals surface area (Å²) in [6.07, 6.45) is 4.01. The molecule has 0 radical (unpaired) electrons. The van der Waals surface area contributed by atoms with Crippen LogP contribution in [-0.4, -0.2) is 26.3 Å². The maximum atomic E-state index is 5.51. The number of fused-ring (bicyclic) bond motifs is 1. The highest BCUT2D eigenvalue weighted by Crippen LogP contribution is 2.43. The number of nitrogens with one attached hydrogen (secondary N) is 1. The second-order valence-corrected chi connectivity index (χ2v) is 6.26. The molecule has 0 saturated heterocycles. The van der Waals surface area contributed by atoms with Crippen molar-refractivity contribution >= 4 is 10.8 Å². The average molecular weight is 359 g/mol. The average Bonchev–Trinajstić information content (AvgIpc) is 3.22. The maximum absolute atomic E-state index is 5.51. The molecule has 1 aromatic heterocycles. The third-order valence-electron chi connectivity index (χ3n) is 4.78. The summed E-state index contributed by atoms with van der Waals surface area (Å²) in [4.78, 5) is 3.23. The van der Waals surface area contributed by atoms with Gasteiger partial charge in [0, 0.05) is 23.5 Å². The molecule has 1 heterocycles. The van der Waals surface area contributed by atoms with Crippen molar-refractivity contribution in [2.75, 3.05) is 21.3 Å². The van der Waals surface area contributed by atoms with E-state index >= 15 is 0 Å². The normalized spacial score (nSPS) is 10.8. The van der Waals surface area contributed by atoms with E-state index < -0.39 is 0 Å². The van der Waals surface area contributed by atoms with Crippen LogP contribution >= 0.6 is 0 Å². The van der Waals surface area contributed by atoms with Gasteiger partial charge in [-0.15, -0.1) is 0 Å². The van der Waals surface area contributed by atoms with Crippen LogP contribution in [0.2, 0.25) is 0 Å². The fourth-order valence-electron chi connectivity index (χ4n) is 3.43. The highest BCUT2D eigenvalue weighted by Gasteiger charge is 2.17. The SMILES string of the molecule is COc1cc(-c2c[nH]cc2-c2ccc3ccccc3c2)cc(OC)c1OC. The summed E-state index contributed by atoms with van der Waals surface area (Å²) in [5.74, 6) is 1.86. The molecule has 136 valence electrons. The molecule has 0 amide bonds. The van der Waals surface area contributed by atoms with Gasteiger partial charge in [0.2, 0.25) is 5.75 Å². The number of aromatic amines is 1. The lowest BCUT2D eigenvalue weighted by atomic mass is 9.96. The molecule has 0 atom stereocenters. The topological polar surface area (TPSA) is 43.5 Å². The first-order valence-electron chi connectivity index (χ1n) is 8.71. The van der Waals surface area contributed by atoms with Crippen molar-refractivity contribution in [3.05, 3.63) is 67.0 Å². The number of rotatable bonds is 5. The predicted octanol–water partition coefficient (Wildman–Crippen LogP) is 5.53. The van der Waals surface area contributed by atoms with Crippen LogP contribution in [-0.2, 0) is 0 Å². The molecule has 27 heavy (non-hydrogen) atoms. The van der Waals surface area contributed by atoms with Crippen LogP contribution in [0.15, 0.2) is 67.0 Å². The van der Waals surface area contributed by atoms with Gasteiger partial charge in [0.1, 0.15) is 0 Å². The molecular weight excluding hydrogens is 338 g/mol. The van der Waals surface area contributed by atoms with E-state index in [1.54, 1.807) is 21.3 Å². The van der Waals surface area contributed by atoms with E-state index in [1.807, 2.05) is 24.5 Å². The van der Waals surface area contributed by atoms with Gasteiger partial charge in [-0.05, 0) is 40.1 Å². The lowest BCUT2D eigenvalue weighted by Gasteiger charge is -2.14. The van der Waals surface area contributed by atoms with Gasteiger partial charge in [-0.25, -0.2) is 0 Å². The number of benzene rings is 3. The summed E-state index contributed by atoms with van der Waals surface area (Å²) >= 11 is 0. The smallest absolute Gasteiger partial charge is 0.203 e. The molecule has 0 bridgehead atoms. The van der Waals surface area contributed by atoms with Crippen LogP contribution < -0.4 is 14.2 Å². The highest BCUT2D eigenvalue weighted by molar-refractivity contribution is 5.91. The van der Waals surface area contributed by atoms with Gasteiger partial charge in [-0.2, -0.15) is 0 Å². The summed E-state index contributed by atoms with van der Waals surface area (Å²) in [5.41, 5.74) is 4.34. The standard InChI is InChI=1S/C23H21NO3/c1-25-21-11-18(12-22(26-2)23(21)27-3)20-14-24-13-19(20)17-9-8-15-6-4-5-7-16(15)10-17/h4-14,24H,1-3H3. The van der Waals surface area contributed by atoms with Crippen molar-refractivity contribution in [3.63, 3.8) is 0 Å². The Kier molecular flexibility index (Phi) is 4.47. The minimum Gasteiger partial charge on any atom is -0.493 e. The van der Waals surface area contributed by atoms with E-state index in [-0.39, 0.29) is 0 Å². The minimum absolute atomic E-state index is 0.589. The zero-order chi connectivity index (χ0) is 18.8. The maximum Gasteiger partial charge on any atom is 0.203 e. The summed E-state index contributed by atoms with van der Waals surface area (Å²) in [6.45, 7) is 0. The van der Waals surface area contributed by atoms with Crippen molar-refractivity contribution in [2.45, 2.75) is 0 Å². The van der Waals surface area contributed by atoms with E-state index in [2.05, 4.69) is 47.4 Å². The fraction of sp³-hybridized carbons (Fsp3) is 0.130. The Hall–Kier alpha value is -3.40. The molecule has 0 aliphatic rings. The molecule has 0 aliphatic heterocycles. The molecule has 3 aromatic carbocycles. The summed E-state index contributed by atoms with van der Waals surface area (Å²) in [6, 6.07) is 18.8. The zero-order valence-electron chi connectivity index (χ0n) is 15.6. The lowest BCUT2D eigenvalue weighted by Crippen LogP contribution is -1.95. The van der Waals surface area contributed by atoms with Crippen LogP contribution in [0.3, 0.4) is 0 Å². The van der Waals surface area contributed by atoms with Gasteiger partial charge < -0.3 is 19.2 Å². The van der Waals surface area contributed by atoms with Gasteiger partial charge in [-0.3, -0.25) is 0 Å². The van der Waals surface area contributed by atoms with Crippen molar-refractivity contribution in [1.82, 2.24) is 4.98 Å². The molecule has 0 fully saturated rings. The second kappa shape index (κ2) is 7.08. The van der Waals surface area contributed by atoms with Crippen LogP contribution in [0.5, 0.6) is 17.2 Å². The van der Waals surface area contributed by atoms with E-state index in [0.717, 1.165) is 22.3 Å². The third-order valence-corrected chi connectivity index (χ3v) is 4.78. The number of hydrogen-bond donors (Lipinski definition) is 1. The van der Waals surface area contributed by atoms with Crippen molar-refractivity contribution < 1.29 is 14.2 Å². The number of hydrogen-bond acceptors (Lipinski definition) is 3. The van der Waals surface area contributed by atoms with Crippen LogP contribution in [0.4, 0.5) is 0 Å². The molecule has 4 aromatic rings. The van der Waals surface area contributed by atoms with E-state index in [0.29, 0.717) is 17.2 Å². The Labute approximate surface area is 158 Å². The Bertz CT molecular complexity index is 1070. The highest BCUT2D eigenvalue weighted by atomic mass is 16.5. The first-order chi connectivity index (χ1) is 13.2. The first kappa shape index (κ1) is 17.0. The molecule has 4 nitrogen and oxygen atoms in total. The van der Waals surface area contributed by atoms with Crippen molar-refractivity contribution in [2.24, 2.45) is 0 Å². The van der Waals surface area contributed by atoms with E-state index in [1.165, 1.54) is 10.8 Å². The van der Waals surface area contributed by atoms with Crippen LogP contribution in [0, 0.1) is 0 Å². The molecule has 0 spiro atoms. The summed E-state index contributed by atoms with van der Waals surface area (Å²) in [7, 11) is 4.86. The fourth-order valence-corrected chi connectivity index (χ4v) is 3.43. The van der Waals surface area contributed by atoms with E-state index in [4.69, 9.17) is 14.2 Å². The van der Waals surface area contributed by atoms with Gasteiger partial charge in [0.25, 0.3) is 0 Å². The molecule has 0 saturated carbocycles. The minimum atomic E-state index is 0.589. The molecule has 4 rings (SSSR count). The van der Waals surface area contributed by atoms with Crippen molar-refractivity contribution in [3.8, 4) is 39.5 Å². The molecule has 1 N–H and O–H groups in total. The monoisotopic (exact) mass is 359 g/mol. The Balaban J connectivity index is 1.86. The third kappa shape index (κ3) is 2.99. The largest absolute Gasteiger partial charge is 0.493 e. The molecular formula is C23H21NO3. The summed E-state index contributed by atoms with van der Waals surface area (Å²) in [5, 5.41) is 2.44. The number of methoxy groups -OCH3 is 3. The first-order valence-corrected chi connectivity index (χ1v) is 8.71. The van der Waals surface area contributed by atoms with Gasteiger partial charge in [-0.1, -0.05) is 36.4 Å². The lowest BCUT2D eigenvalue weighted by molar-refractivity contribution is 0.324. The summed E-state index contributed by atoms with van der Waals surface area (Å²) < 4.78 is 16.4. The second-order valence-electron chi connectivity index (χ2n) is 6.26. The van der Waals surface area contributed by atoms with Gasteiger partial charge in [0.05, 0.1) is 21.3 Å². The number of aromatic nitrogens is 1. The predicted molar refractivity (Wildman–Crippen MR) is 109 cm³/mol. The van der Waals surface area contributed by atoms with Gasteiger partial charge in [0.15, 0.2) is 11.5 Å². The van der Waals surface area contributed by atoms with Crippen molar-refractivity contribution in [1.29, 1.82) is 0 Å². The molecule has 0 aliphatic carbocycles. The van der Waals surface area contributed by atoms with Crippen LogP contribution in [0.25, 0.3) is 33.0 Å². The van der Waals surface area contributed by atoms with Gasteiger partial charge >= 0.3 is 0 Å². The number of ether oxygens (including phenoxy) is 3. The van der Waals surface area contributed by atoms with Crippen LogP contribution in [0.1, 0.15) is 0 Å². The molecule has 4 heteroatoms. The number of H-pyrrole nitrogens is 1. The quantitative estimate of drug-likeness (QED) is 0.510. The van der Waals surface area contributed by atoms with E-state index in [9.17, 15) is 0 Å². The molecule has 0 unspecified atom stereocenters. The Morgan fingerprint density at radius 2 is 1.26 bits per heavy atom. The Morgan fingerprint density at radius 1 is 0.630 bits per heavy atom.